The number of aromatic nitrogens is 2. The molecule has 0 bridgehead atoms. The topological polar surface area (TPSA) is 43.8 Å². The van der Waals surface area contributed by atoms with Crippen LogP contribution in [-0.2, 0) is 7.05 Å². The van der Waals surface area contributed by atoms with Crippen molar-refractivity contribution >= 4 is 0 Å². The molecule has 1 aromatic heterocycles. The van der Waals surface area contributed by atoms with Crippen LogP contribution in [-0.4, -0.2) is 9.55 Å². The second kappa shape index (κ2) is 4.58. The minimum absolute atomic E-state index is 0.106. The third-order valence-electron chi connectivity index (χ3n) is 4.30. The van der Waals surface area contributed by atoms with E-state index in [9.17, 15) is 0 Å². The molecule has 1 heterocycles. The largest absolute Gasteiger partial charge is 0.337 e. The van der Waals surface area contributed by atoms with Crippen LogP contribution in [0.3, 0.4) is 0 Å². The van der Waals surface area contributed by atoms with Crippen molar-refractivity contribution < 1.29 is 0 Å². The lowest BCUT2D eigenvalue weighted by Crippen LogP contribution is -2.31. The molecule has 0 aliphatic heterocycles. The number of hydrogen-bond acceptors (Lipinski definition) is 2. The molecule has 4 atom stereocenters. The summed E-state index contributed by atoms with van der Waals surface area (Å²) in [6, 6.07) is 0.106. The summed E-state index contributed by atoms with van der Waals surface area (Å²) in [5.41, 5.74) is 6.34. The molecule has 4 unspecified atom stereocenters. The Morgan fingerprint density at radius 2 is 2.12 bits per heavy atom. The molecule has 3 nitrogen and oxygen atoms in total. The Kier molecular flexibility index (Phi) is 3.33. The molecule has 2 rings (SSSR count). The van der Waals surface area contributed by atoms with E-state index in [1.165, 1.54) is 19.3 Å². The van der Waals surface area contributed by atoms with Crippen LogP contribution < -0.4 is 5.73 Å². The predicted octanol–water partition coefficient (Wildman–Crippen LogP) is 2.49. The van der Waals surface area contributed by atoms with Gasteiger partial charge >= 0.3 is 0 Å². The maximum Gasteiger partial charge on any atom is 0.125 e. The first-order chi connectivity index (χ1) is 7.59. The number of rotatable bonds is 2. The number of imidazole rings is 1. The van der Waals surface area contributed by atoms with E-state index < -0.39 is 0 Å². The van der Waals surface area contributed by atoms with Gasteiger partial charge in [-0.1, -0.05) is 20.3 Å². The lowest BCUT2D eigenvalue weighted by molar-refractivity contribution is 0.182. The maximum atomic E-state index is 6.34. The molecule has 90 valence electrons. The fourth-order valence-electron chi connectivity index (χ4n) is 2.82. The Morgan fingerprint density at radius 1 is 1.38 bits per heavy atom. The predicted molar refractivity (Wildman–Crippen MR) is 65.8 cm³/mol. The highest BCUT2D eigenvalue weighted by Gasteiger charge is 2.30. The Hall–Kier alpha value is -0.830. The molecule has 1 fully saturated rings. The monoisotopic (exact) mass is 221 g/mol. The van der Waals surface area contributed by atoms with Crippen LogP contribution in [0.5, 0.6) is 0 Å². The highest BCUT2D eigenvalue weighted by Crippen LogP contribution is 2.38. The standard InChI is InChI=1S/C13H23N3/c1-9-4-5-11(8-10(9)2)12(14)13-15-6-7-16(13)3/h6-7,9-12H,4-5,8,14H2,1-3H3. The summed E-state index contributed by atoms with van der Waals surface area (Å²) in [6.45, 7) is 4.70. The second-order valence-electron chi connectivity index (χ2n) is 5.45. The smallest absolute Gasteiger partial charge is 0.125 e. The van der Waals surface area contributed by atoms with Crippen LogP contribution in [0.4, 0.5) is 0 Å². The van der Waals surface area contributed by atoms with Crippen LogP contribution in [0.15, 0.2) is 12.4 Å². The molecule has 0 amide bonds. The SMILES string of the molecule is CC1CCC(C(N)c2nccn2C)CC1C. The first-order valence-corrected chi connectivity index (χ1v) is 6.32. The van der Waals surface area contributed by atoms with Gasteiger partial charge in [-0.2, -0.15) is 0 Å². The van der Waals surface area contributed by atoms with E-state index in [4.69, 9.17) is 5.73 Å². The molecule has 0 saturated heterocycles. The van der Waals surface area contributed by atoms with Crippen LogP contribution in [0.1, 0.15) is 45.0 Å². The minimum atomic E-state index is 0.106. The van der Waals surface area contributed by atoms with Gasteiger partial charge in [0.25, 0.3) is 0 Å². The summed E-state index contributed by atoms with van der Waals surface area (Å²) in [5, 5.41) is 0. The van der Waals surface area contributed by atoms with Gasteiger partial charge < -0.3 is 10.3 Å². The van der Waals surface area contributed by atoms with E-state index in [1.54, 1.807) is 0 Å². The molecule has 3 heteroatoms. The zero-order valence-corrected chi connectivity index (χ0v) is 10.6. The average molecular weight is 221 g/mol. The summed E-state index contributed by atoms with van der Waals surface area (Å²) < 4.78 is 2.05. The molecule has 16 heavy (non-hydrogen) atoms. The van der Waals surface area contributed by atoms with Crippen molar-refractivity contribution in [1.29, 1.82) is 0 Å². The van der Waals surface area contributed by atoms with Gasteiger partial charge in [-0.05, 0) is 30.6 Å². The lowest BCUT2D eigenvalue weighted by Gasteiger charge is -2.34. The van der Waals surface area contributed by atoms with Crippen LogP contribution >= 0.6 is 0 Å². The quantitative estimate of drug-likeness (QED) is 0.834. The highest BCUT2D eigenvalue weighted by molar-refractivity contribution is 5.00. The molecule has 1 aromatic rings. The van der Waals surface area contributed by atoms with Gasteiger partial charge in [0.05, 0.1) is 6.04 Å². The Balaban J connectivity index is 2.06. The van der Waals surface area contributed by atoms with Gasteiger partial charge in [0.1, 0.15) is 5.82 Å². The van der Waals surface area contributed by atoms with Crippen molar-refractivity contribution in [2.45, 2.75) is 39.2 Å². The Morgan fingerprint density at radius 3 is 2.69 bits per heavy atom. The van der Waals surface area contributed by atoms with Crippen molar-refractivity contribution in [3.05, 3.63) is 18.2 Å². The molecule has 1 aliphatic rings. The molecular weight excluding hydrogens is 198 g/mol. The Labute approximate surface area is 98.1 Å². The van der Waals surface area contributed by atoms with Crippen molar-refractivity contribution in [2.24, 2.45) is 30.5 Å². The second-order valence-corrected chi connectivity index (χ2v) is 5.45. The number of hydrogen-bond donors (Lipinski definition) is 1. The first kappa shape index (κ1) is 11.6. The van der Waals surface area contributed by atoms with Gasteiger partial charge in [-0.15, -0.1) is 0 Å². The van der Waals surface area contributed by atoms with Crippen LogP contribution in [0, 0.1) is 17.8 Å². The van der Waals surface area contributed by atoms with Crippen LogP contribution in [0.2, 0.25) is 0 Å². The maximum absolute atomic E-state index is 6.34. The average Bonchev–Trinajstić information content (AvgIpc) is 2.67. The van der Waals surface area contributed by atoms with Gasteiger partial charge in [-0.3, -0.25) is 0 Å². The minimum Gasteiger partial charge on any atom is -0.337 e. The third-order valence-corrected chi connectivity index (χ3v) is 4.30. The number of aryl methyl sites for hydroxylation is 1. The lowest BCUT2D eigenvalue weighted by atomic mass is 9.73. The summed E-state index contributed by atoms with van der Waals surface area (Å²) >= 11 is 0. The van der Waals surface area contributed by atoms with Crippen molar-refractivity contribution in [2.75, 3.05) is 0 Å². The molecule has 1 saturated carbocycles. The molecule has 0 spiro atoms. The van der Waals surface area contributed by atoms with Crippen molar-refractivity contribution in [3.8, 4) is 0 Å². The summed E-state index contributed by atoms with van der Waals surface area (Å²) in [4.78, 5) is 4.37. The zero-order chi connectivity index (χ0) is 11.7. The van der Waals surface area contributed by atoms with Gasteiger partial charge in [0, 0.05) is 19.4 Å². The van der Waals surface area contributed by atoms with E-state index in [0.717, 1.165) is 17.7 Å². The molecular formula is C13H23N3. The number of nitrogens with zero attached hydrogens (tertiary/aromatic N) is 2. The van der Waals surface area contributed by atoms with Gasteiger partial charge in [-0.25, -0.2) is 4.98 Å². The van der Waals surface area contributed by atoms with E-state index in [2.05, 4.69) is 18.8 Å². The molecule has 0 radical (unpaired) electrons. The fourth-order valence-corrected chi connectivity index (χ4v) is 2.82. The van der Waals surface area contributed by atoms with Crippen LogP contribution in [0.25, 0.3) is 0 Å². The van der Waals surface area contributed by atoms with E-state index in [-0.39, 0.29) is 6.04 Å². The Bertz CT molecular complexity index is 345. The summed E-state index contributed by atoms with van der Waals surface area (Å²) in [5.74, 6) is 3.29. The van der Waals surface area contributed by atoms with Gasteiger partial charge in [0.2, 0.25) is 0 Å². The van der Waals surface area contributed by atoms with Gasteiger partial charge in [0.15, 0.2) is 0 Å². The molecule has 0 aromatic carbocycles. The van der Waals surface area contributed by atoms with E-state index in [1.807, 2.05) is 24.0 Å². The van der Waals surface area contributed by atoms with E-state index >= 15 is 0 Å². The number of nitrogens with two attached hydrogens (primary N) is 1. The zero-order valence-electron chi connectivity index (χ0n) is 10.6. The summed E-state index contributed by atoms with van der Waals surface area (Å²) in [7, 11) is 2.02. The van der Waals surface area contributed by atoms with E-state index in [0.29, 0.717) is 5.92 Å². The van der Waals surface area contributed by atoms with Crippen molar-refractivity contribution in [1.82, 2.24) is 9.55 Å². The summed E-state index contributed by atoms with van der Waals surface area (Å²) in [6.07, 6.45) is 7.62. The fraction of sp³-hybridized carbons (Fsp3) is 0.769. The third kappa shape index (κ3) is 2.14. The first-order valence-electron chi connectivity index (χ1n) is 6.32. The molecule has 1 aliphatic carbocycles. The normalized spacial score (nSPS) is 32.6. The highest BCUT2D eigenvalue weighted by atomic mass is 15.1. The molecule has 2 N–H and O–H groups in total. The van der Waals surface area contributed by atoms with Crippen molar-refractivity contribution in [3.63, 3.8) is 0 Å².